The van der Waals surface area contributed by atoms with Gasteiger partial charge in [0.15, 0.2) is 0 Å². The molecule has 1 aliphatic rings. The molecule has 2 unspecified atom stereocenters. The molecular weight excluding hydrogens is 367 g/mol. The zero-order valence-electron chi connectivity index (χ0n) is 14.4. The smallest absolute Gasteiger partial charge is 0.243 e. The van der Waals surface area contributed by atoms with Crippen molar-refractivity contribution in [2.75, 3.05) is 36.4 Å². The number of anilines is 2. The molecule has 1 aromatic carbocycles. The molecule has 25 heavy (non-hydrogen) atoms. The average molecular weight is 393 g/mol. The molecule has 9 heteroatoms. The van der Waals surface area contributed by atoms with Gasteiger partial charge in [0.05, 0.1) is 36.7 Å². The summed E-state index contributed by atoms with van der Waals surface area (Å²) in [6, 6.07) is 7.62. The third-order valence-corrected chi connectivity index (χ3v) is 3.57. The summed E-state index contributed by atoms with van der Waals surface area (Å²) in [5.74, 6) is -0.641. The van der Waals surface area contributed by atoms with Crippen LogP contribution < -0.4 is 21.3 Å². The zero-order valence-corrected chi connectivity index (χ0v) is 16.0. The van der Waals surface area contributed by atoms with E-state index in [0.29, 0.717) is 0 Å². The summed E-state index contributed by atoms with van der Waals surface area (Å²) in [5.41, 5.74) is 6.87. The lowest BCUT2D eigenvalue weighted by Crippen LogP contribution is -2.45. The zero-order chi connectivity index (χ0) is 16.8. The quantitative estimate of drug-likeness (QED) is 0.698. The van der Waals surface area contributed by atoms with E-state index in [1.807, 2.05) is 38.1 Å². The second-order valence-electron chi connectivity index (χ2n) is 5.71. The van der Waals surface area contributed by atoms with Gasteiger partial charge in [-0.25, -0.2) is 0 Å². The van der Waals surface area contributed by atoms with Crippen molar-refractivity contribution in [3.05, 3.63) is 24.3 Å². The Labute approximate surface area is 160 Å². The second-order valence-corrected chi connectivity index (χ2v) is 5.71. The van der Waals surface area contributed by atoms with Crippen LogP contribution in [0.15, 0.2) is 24.3 Å². The number of nitrogens with two attached hydrogens (primary N) is 1. The number of carbonyl (C=O) groups is 2. The molecule has 0 spiro atoms. The monoisotopic (exact) mass is 392 g/mol. The molecule has 0 bridgehead atoms. The Kier molecular flexibility index (Phi) is 10.5. The van der Waals surface area contributed by atoms with Crippen molar-refractivity contribution in [1.29, 1.82) is 0 Å². The van der Waals surface area contributed by atoms with Crippen LogP contribution in [0.5, 0.6) is 0 Å². The maximum atomic E-state index is 12.0. The highest BCUT2D eigenvalue weighted by molar-refractivity contribution is 5.97. The summed E-state index contributed by atoms with van der Waals surface area (Å²) in [6.45, 7) is 5.37. The molecule has 1 saturated heterocycles. The first-order valence-corrected chi connectivity index (χ1v) is 7.75. The maximum absolute atomic E-state index is 12.0. The number of benzene rings is 1. The number of nitrogens with one attached hydrogen (secondary N) is 2. The highest BCUT2D eigenvalue weighted by atomic mass is 35.5. The Balaban J connectivity index is 0.00000288. The molecule has 4 N–H and O–H groups in total. The first-order chi connectivity index (χ1) is 11.0. The SMILES string of the molecule is CC1CN(c2ccccc2NC(=O)CNC(=O)CN)CC(C)O1.Cl.Cl. The van der Waals surface area contributed by atoms with E-state index in [-0.39, 0.29) is 61.9 Å². The number of para-hydroxylation sites is 2. The van der Waals surface area contributed by atoms with Crippen LogP contribution >= 0.6 is 24.8 Å². The molecule has 0 aliphatic carbocycles. The number of hydrogen-bond donors (Lipinski definition) is 3. The summed E-state index contributed by atoms with van der Waals surface area (Å²) < 4.78 is 5.75. The van der Waals surface area contributed by atoms with Crippen molar-refractivity contribution in [2.45, 2.75) is 26.1 Å². The van der Waals surface area contributed by atoms with Gasteiger partial charge in [0.25, 0.3) is 0 Å². The van der Waals surface area contributed by atoms with Gasteiger partial charge in [-0.15, -0.1) is 24.8 Å². The van der Waals surface area contributed by atoms with E-state index in [1.165, 1.54) is 0 Å². The molecule has 0 saturated carbocycles. The fourth-order valence-corrected chi connectivity index (χ4v) is 2.68. The standard InChI is InChI=1S/C16H24N4O3.2ClH/c1-11-9-20(10-12(2)23-11)14-6-4-3-5-13(14)19-16(22)8-18-15(21)7-17;;/h3-6,11-12H,7-10,17H2,1-2H3,(H,18,21)(H,19,22);2*1H. The molecular formula is C16H26Cl2N4O3. The molecule has 142 valence electrons. The van der Waals surface area contributed by atoms with Gasteiger partial charge in [0, 0.05) is 13.1 Å². The first-order valence-electron chi connectivity index (χ1n) is 7.75. The van der Waals surface area contributed by atoms with Crippen LogP contribution in [0.2, 0.25) is 0 Å². The van der Waals surface area contributed by atoms with Crippen LogP contribution in [0.4, 0.5) is 11.4 Å². The number of carbonyl (C=O) groups excluding carboxylic acids is 2. The van der Waals surface area contributed by atoms with Crippen molar-refractivity contribution in [1.82, 2.24) is 5.32 Å². The minimum atomic E-state index is -0.357. The molecule has 0 aromatic heterocycles. The van der Waals surface area contributed by atoms with E-state index in [1.54, 1.807) is 0 Å². The number of ether oxygens (including phenoxy) is 1. The number of halogens is 2. The van der Waals surface area contributed by atoms with Crippen LogP contribution in [-0.2, 0) is 14.3 Å². The number of nitrogens with zero attached hydrogens (tertiary/aromatic N) is 1. The second kappa shape index (κ2) is 11.1. The number of amides is 2. The predicted molar refractivity (Wildman–Crippen MR) is 104 cm³/mol. The molecule has 0 radical (unpaired) electrons. The Morgan fingerprint density at radius 2 is 1.76 bits per heavy atom. The lowest BCUT2D eigenvalue weighted by atomic mass is 10.1. The number of hydrogen-bond acceptors (Lipinski definition) is 5. The van der Waals surface area contributed by atoms with Crippen LogP contribution in [-0.4, -0.2) is 50.2 Å². The summed E-state index contributed by atoms with van der Waals surface area (Å²) in [7, 11) is 0. The molecule has 2 amide bonds. The summed E-state index contributed by atoms with van der Waals surface area (Å²) in [5, 5.41) is 5.30. The fraction of sp³-hybridized carbons (Fsp3) is 0.500. The van der Waals surface area contributed by atoms with Crippen LogP contribution in [0.25, 0.3) is 0 Å². The Bertz CT molecular complexity index is 564. The van der Waals surface area contributed by atoms with Crippen LogP contribution in [0.3, 0.4) is 0 Å². The average Bonchev–Trinajstić information content (AvgIpc) is 2.52. The topological polar surface area (TPSA) is 96.7 Å². The van der Waals surface area contributed by atoms with E-state index in [0.717, 1.165) is 24.5 Å². The molecule has 1 fully saturated rings. The van der Waals surface area contributed by atoms with Gasteiger partial charge < -0.3 is 26.0 Å². The number of morpholine rings is 1. The van der Waals surface area contributed by atoms with Gasteiger partial charge >= 0.3 is 0 Å². The normalized spacial score (nSPS) is 19.2. The lowest BCUT2D eigenvalue weighted by Gasteiger charge is -2.37. The minimum Gasteiger partial charge on any atom is -0.372 e. The number of rotatable bonds is 5. The van der Waals surface area contributed by atoms with E-state index < -0.39 is 0 Å². The van der Waals surface area contributed by atoms with Gasteiger partial charge in [-0.1, -0.05) is 12.1 Å². The van der Waals surface area contributed by atoms with Crippen LogP contribution in [0.1, 0.15) is 13.8 Å². The summed E-state index contributed by atoms with van der Waals surface area (Å²) in [6.07, 6.45) is 0.262. The lowest BCUT2D eigenvalue weighted by molar-refractivity contribution is -0.123. The minimum absolute atomic E-state index is 0. The highest BCUT2D eigenvalue weighted by Crippen LogP contribution is 2.28. The molecule has 7 nitrogen and oxygen atoms in total. The van der Waals surface area contributed by atoms with Gasteiger partial charge in [-0.2, -0.15) is 0 Å². The van der Waals surface area contributed by atoms with Crippen molar-refractivity contribution in [3.8, 4) is 0 Å². The van der Waals surface area contributed by atoms with Gasteiger partial charge in [-0.05, 0) is 26.0 Å². The third-order valence-electron chi connectivity index (χ3n) is 3.57. The van der Waals surface area contributed by atoms with E-state index in [4.69, 9.17) is 10.5 Å². The fourth-order valence-electron chi connectivity index (χ4n) is 2.68. The van der Waals surface area contributed by atoms with Crippen LogP contribution in [0, 0.1) is 0 Å². The Hall–Kier alpha value is -1.54. The molecule has 2 atom stereocenters. The summed E-state index contributed by atoms with van der Waals surface area (Å²) >= 11 is 0. The van der Waals surface area contributed by atoms with Crippen molar-refractivity contribution >= 4 is 48.0 Å². The van der Waals surface area contributed by atoms with E-state index in [9.17, 15) is 9.59 Å². The van der Waals surface area contributed by atoms with E-state index in [2.05, 4.69) is 15.5 Å². The van der Waals surface area contributed by atoms with Gasteiger partial charge in [0.2, 0.25) is 11.8 Å². The van der Waals surface area contributed by atoms with Crippen molar-refractivity contribution in [3.63, 3.8) is 0 Å². The first kappa shape index (κ1) is 23.5. The molecule has 1 aliphatic heterocycles. The van der Waals surface area contributed by atoms with Gasteiger partial charge in [-0.3, -0.25) is 9.59 Å². The largest absolute Gasteiger partial charge is 0.372 e. The molecule has 1 aromatic rings. The summed E-state index contributed by atoms with van der Waals surface area (Å²) in [4.78, 5) is 25.3. The maximum Gasteiger partial charge on any atom is 0.243 e. The Morgan fingerprint density at radius 3 is 2.36 bits per heavy atom. The molecule has 2 rings (SSSR count). The third kappa shape index (κ3) is 7.07. The van der Waals surface area contributed by atoms with E-state index >= 15 is 0 Å². The predicted octanol–water partition coefficient (Wildman–Crippen LogP) is 1.16. The van der Waals surface area contributed by atoms with Crippen molar-refractivity contribution < 1.29 is 14.3 Å². The Morgan fingerprint density at radius 1 is 1.16 bits per heavy atom. The highest BCUT2D eigenvalue weighted by Gasteiger charge is 2.24. The van der Waals surface area contributed by atoms with Gasteiger partial charge in [0.1, 0.15) is 0 Å². The molecule has 1 heterocycles. The van der Waals surface area contributed by atoms with Crippen molar-refractivity contribution in [2.24, 2.45) is 5.73 Å².